The summed E-state index contributed by atoms with van der Waals surface area (Å²) in [5.74, 6) is -1.03. The molecule has 2 N–H and O–H groups in total. The topological polar surface area (TPSA) is 123 Å². The minimum absolute atomic E-state index is 0.00443. The van der Waals surface area contributed by atoms with Crippen LogP contribution in [-0.4, -0.2) is 44.9 Å². The largest absolute Gasteiger partial charge is 0.315 e. The van der Waals surface area contributed by atoms with Crippen LogP contribution in [0.3, 0.4) is 0 Å². The molecule has 1 atom stereocenters. The fourth-order valence-electron chi connectivity index (χ4n) is 3.28. The van der Waals surface area contributed by atoms with Crippen LogP contribution in [0.2, 0.25) is 0 Å². The zero-order valence-electron chi connectivity index (χ0n) is 17.4. The first-order valence-electron chi connectivity index (χ1n) is 9.50. The van der Waals surface area contributed by atoms with Crippen LogP contribution in [0.4, 0.5) is 0 Å². The van der Waals surface area contributed by atoms with Crippen molar-refractivity contribution in [3.05, 3.63) is 65.2 Å². The molecule has 2 aromatic heterocycles. The molecular weight excluding hydrogens is 420 g/mol. The summed E-state index contributed by atoms with van der Waals surface area (Å²) in [7, 11) is -1.97. The van der Waals surface area contributed by atoms with Crippen LogP contribution in [-0.2, 0) is 28.2 Å². The molecule has 31 heavy (non-hydrogen) atoms. The van der Waals surface area contributed by atoms with Crippen molar-refractivity contribution in [2.75, 3.05) is 6.26 Å². The van der Waals surface area contributed by atoms with Crippen LogP contribution in [0.15, 0.2) is 59.7 Å². The maximum Gasteiger partial charge on any atom is 0.264 e. The molecule has 0 aliphatic heterocycles. The average Bonchev–Trinajstić information content (AvgIpc) is 3.17. The van der Waals surface area contributed by atoms with Gasteiger partial charge in [0.15, 0.2) is 14.6 Å². The van der Waals surface area contributed by atoms with Gasteiger partial charge in [0.2, 0.25) is 0 Å². The summed E-state index contributed by atoms with van der Waals surface area (Å²) in [5.41, 5.74) is 4.63. The smallest absolute Gasteiger partial charge is 0.264 e. The van der Waals surface area contributed by atoms with E-state index in [-0.39, 0.29) is 18.5 Å². The Morgan fingerprint density at radius 1 is 1.13 bits per heavy atom. The molecule has 0 aliphatic carbocycles. The number of benzene rings is 1. The number of aromatic nitrogens is 3. The Hall–Kier alpha value is -3.24. The molecule has 3 rings (SSSR count). The number of nitrogens with zero attached hydrogens (tertiary/aromatic N) is 3. The molecule has 0 fully saturated rings. The van der Waals surface area contributed by atoms with Crippen molar-refractivity contribution < 1.29 is 18.4 Å². The molecule has 0 aliphatic rings. The highest BCUT2D eigenvalue weighted by atomic mass is 32.2. The van der Waals surface area contributed by atoms with Crippen LogP contribution in [0, 0.1) is 0 Å². The number of sulfone groups is 1. The first kappa shape index (κ1) is 22.4. The minimum Gasteiger partial charge on any atom is -0.315 e. The highest BCUT2D eigenvalue weighted by molar-refractivity contribution is 7.92. The van der Waals surface area contributed by atoms with Gasteiger partial charge in [-0.3, -0.25) is 19.5 Å². The van der Waals surface area contributed by atoms with E-state index in [1.807, 2.05) is 37.4 Å². The van der Waals surface area contributed by atoms with Gasteiger partial charge < -0.3 is 4.57 Å². The van der Waals surface area contributed by atoms with Crippen LogP contribution in [0.1, 0.15) is 13.3 Å². The maximum atomic E-state index is 12.6. The van der Waals surface area contributed by atoms with E-state index in [1.54, 1.807) is 23.1 Å². The second kappa shape index (κ2) is 8.48. The lowest BCUT2D eigenvalue weighted by Gasteiger charge is -2.25. The van der Waals surface area contributed by atoms with Crippen molar-refractivity contribution in [1.29, 1.82) is 0 Å². The van der Waals surface area contributed by atoms with Gasteiger partial charge in [-0.05, 0) is 42.2 Å². The summed E-state index contributed by atoms with van der Waals surface area (Å²) in [6.07, 6.45) is 4.04. The van der Waals surface area contributed by atoms with E-state index in [9.17, 15) is 18.0 Å². The maximum absolute atomic E-state index is 12.6. The lowest BCUT2D eigenvalue weighted by Crippen LogP contribution is -2.49. The Morgan fingerprint density at radius 2 is 1.77 bits per heavy atom. The van der Waals surface area contributed by atoms with Crippen molar-refractivity contribution in [2.24, 2.45) is 7.05 Å². The summed E-state index contributed by atoms with van der Waals surface area (Å²) < 4.78 is 25.4. The average molecular weight is 445 g/mol. The lowest BCUT2D eigenvalue weighted by molar-refractivity contribution is -0.131. The molecule has 0 saturated heterocycles. The Balaban J connectivity index is 1.81. The number of hydroxylamine groups is 1. The fourth-order valence-corrected chi connectivity index (χ4v) is 4.13. The van der Waals surface area contributed by atoms with Gasteiger partial charge in [-0.2, -0.15) is 5.10 Å². The molecule has 3 aromatic rings. The summed E-state index contributed by atoms with van der Waals surface area (Å²) in [6, 6.07) is 12.8. The van der Waals surface area contributed by atoms with E-state index in [2.05, 4.69) is 5.10 Å². The molecule has 0 spiro atoms. The second-order valence-corrected chi connectivity index (χ2v) is 10.0. The van der Waals surface area contributed by atoms with Crippen molar-refractivity contribution in [3.8, 4) is 22.4 Å². The van der Waals surface area contributed by atoms with E-state index in [1.165, 1.54) is 23.0 Å². The molecule has 164 valence electrons. The molecule has 0 unspecified atom stereocenters. The highest BCUT2D eigenvalue weighted by Gasteiger charge is 2.43. The third-order valence-corrected chi connectivity index (χ3v) is 7.59. The molecule has 1 amide bonds. The lowest BCUT2D eigenvalue weighted by atomic mass is 10.0. The molecule has 1 aromatic carbocycles. The SMILES string of the molecule is Cn1nccc1-c1ccc(-c2ccn(CC[C@](C)(C(=O)NO)S(C)(=O)=O)c(=O)c2)cc1. The molecule has 10 heteroatoms. The van der Waals surface area contributed by atoms with Gasteiger partial charge in [0.25, 0.3) is 11.5 Å². The third kappa shape index (κ3) is 4.44. The van der Waals surface area contributed by atoms with Crippen LogP contribution in [0.25, 0.3) is 22.4 Å². The molecular formula is C21H24N4O5S. The predicted molar refractivity (Wildman–Crippen MR) is 116 cm³/mol. The van der Waals surface area contributed by atoms with Crippen molar-refractivity contribution in [2.45, 2.75) is 24.6 Å². The van der Waals surface area contributed by atoms with Crippen LogP contribution in [0.5, 0.6) is 0 Å². The Bertz CT molecular complexity index is 1260. The fraction of sp³-hybridized carbons (Fsp3) is 0.286. The second-order valence-electron chi connectivity index (χ2n) is 7.56. The Labute approximate surface area is 179 Å². The number of hydrogen-bond acceptors (Lipinski definition) is 6. The van der Waals surface area contributed by atoms with Crippen LogP contribution < -0.4 is 11.0 Å². The van der Waals surface area contributed by atoms with Gasteiger partial charge in [-0.1, -0.05) is 24.3 Å². The van der Waals surface area contributed by atoms with Gasteiger partial charge in [0, 0.05) is 38.3 Å². The van der Waals surface area contributed by atoms with Gasteiger partial charge in [-0.25, -0.2) is 13.9 Å². The first-order chi connectivity index (χ1) is 14.6. The van der Waals surface area contributed by atoms with Gasteiger partial charge >= 0.3 is 0 Å². The van der Waals surface area contributed by atoms with Crippen molar-refractivity contribution in [3.63, 3.8) is 0 Å². The van der Waals surface area contributed by atoms with Crippen molar-refractivity contribution in [1.82, 2.24) is 19.8 Å². The monoisotopic (exact) mass is 444 g/mol. The zero-order valence-corrected chi connectivity index (χ0v) is 18.3. The van der Waals surface area contributed by atoms with Gasteiger partial charge in [0.1, 0.15) is 0 Å². The third-order valence-electron chi connectivity index (χ3n) is 5.56. The van der Waals surface area contributed by atoms with E-state index in [4.69, 9.17) is 5.21 Å². The predicted octanol–water partition coefficient (Wildman–Crippen LogP) is 1.61. The van der Waals surface area contributed by atoms with Gasteiger partial charge in [-0.15, -0.1) is 0 Å². The Kier molecular flexibility index (Phi) is 6.14. The standard InChI is InChI=1S/C21H24N4O5S/c1-21(20(27)23-28,31(3,29)30)10-13-25-12-9-17(14-19(25)26)15-4-6-16(7-5-15)18-8-11-22-24(18)2/h4-9,11-12,14,28H,10,13H2,1-3H3,(H,23,27)/t21-/m1/s1. The summed E-state index contributed by atoms with van der Waals surface area (Å²) in [5, 5.41) is 13.1. The Morgan fingerprint density at radius 3 is 2.29 bits per heavy atom. The molecule has 2 heterocycles. The number of pyridine rings is 1. The number of hydrogen-bond donors (Lipinski definition) is 2. The summed E-state index contributed by atoms with van der Waals surface area (Å²) in [4.78, 5) is 24.5. The number of aryl methyl sites for hydroxylation is 2. The molecule has 0 radical (unpaired) electrons. The quantitative estimate of drug-likeness (QED) is 0.422. The summed E-state index contributed by atoms with van der Waals surface area (Å²) in [6.45, 7) is 1.21. The number of rotatable bonds is 7. The van der Waals surface area contributed by atoms with Gasteiger partial charge in [0.05, 0.1) is 5.69 Å². The first-order valence-corrected chi connectivity index (χ1v) is 11.4. The van der Waals surface area contributed by atoms with E-state index in [0.29, 0.717) is 0 Å². The summed E-state index contributed by atoms with van der Waals surface area (Å²) >= 11 is 0. The van der Waals surface area contributed by atoms with Crippen LogP contribution >= 0.6 is 0 Å². The molecule has 0 saturated carbocycles. The highest BCUT2D eigenvalue weighted by Crippen LogP contribution is 2.24. The molecule has 9 nitrogen and oxygen atoms in total. The van der Waals surface area contributed by atoms with E-state index in [0.717, 1.165) is 28.6 Å². The number of nitrogens with one attached hydrogen (secondary N) is 1. The van der Waals surface area contributed by atoms with Crippen molar-refractivity contribution >= 4 is 15.7 Å². The minimum atomic E-state index is -3.83. The number of amides is 1. The zero-order chi connectivity index (χ0) is 22.8. The molecule has 0 bridgehead atoms. The van der Waals surface area contributed by atoms with E-state index < -0.39 is 20.5 Å². The number of carbonyl (C=O) groups excluding carboxylic acids is 1. The number of carbonyl (C=O) groups is 1. The van der Waals surface area contributed by atoms with E-state index >= 15 is 0 Å². The normalized spacial score (nSPS) is 13.5.